The molecule has 0 fully saturated rings. The average Bonchev–Trinajstić information content (AvgIpc) is 3.13. The van der Waals surface area contributed by atoms with Gasteiger partial charge in [0.2, 0.25) is 5.91 Å². The van der Waals surface area contributed by atoms with Crippen molar-refractivity contribution in [3.05, 3.63) is 45.7 Å². The van der Waals surface area contributed by atoms with E-state index in [9.17, 15) is 14.4 Å². The minimum Gasteiger partial charge on any atom is -0.494 e. The van der Waals surface area contributed by atoms with E-state index in [4.69, 9.17) is 21.1 Å². The molecule has 1 aromatic carbocycles. The molecule has 0 radical (unpaired) electrons. The molecule has 1 atom stereocenters. The van der Waals surface area contributed by atoms with Crippen molar-refractivity contribution in [1.82, 2.24) is 9.78 Å². The first-order valence-electron chi connectivity index (χ1n) is 9.27. The molecular weight excluding hydrogens is 430 g/mol. The molecule has 1 amide bonds. The minimum atomic E-state index is -0.790. The number of amides is 1. The van der Waals surface area contributed by atoms with Gasteiger partial charge in [0.1, 0.15) is 16.1 Å². The number of ether oxygens (including phenoxy) is 2. The molecule has 3 aromatic rings. The molecule has 10 heteroatoms. The number of hydrogen-bond donors (Lipinski definition) is 1. The Morgan fingerprint density at radius 1 is 1.23 bits per heavy atom. The molecule has 3 rings (SSSR count). The van der Waals surface area contributed by atoms with Gasteiger partial charge in [0.05, 0.1) is 24.3 Å². The Hall–Kier alpha value is -2.91. The quantitative estimate of drug-likeness (QED) is 0.437. The lowest BCUT2D eigenvalue weighted by atomic mass is 10.2. The first kappa shape index (κ1) is 21.8. The monoisotopic (exact) mass is 449 g/mol. The van der Waals surface area contributed by atoms with Crippen molar-refractivity contribution in [3.63, 3.8) is 0 Å². The van der Waals surface area contributed by atoms with Crippen LogP contribution in [0.4, 0.5) is 5.00 Å². The van der Waals surface area contributed by atoms with Crippen LogP contribution in [0, 0.1) is 0 Å². The maximum Gasteiger partial charge on any atom is 0.359 e. The van der Waals surface area contributed by atoms with E-state index < -0.39 is 22.8 Å². The van der Waals surface area contributed by atoms with Crippen molar-refractivity contribution < 1.29 is 19.1 Å². The Kier molecular flexibility index (Phi) is 6.73. The maximum atomic E-state index is 13.2. The number of nitrogens with one attached hydrogen (secondary N) is 1. The van der Waals surface area contributed by atoms with Crippen LogP contribution in [0.25, 0.3) is 16.5 Å². The highest BCUT2D eigenvalue weighted by Crippen LogP contribution is 2.31. The van der Waals surface area contributed by atoms with Crippen LogP contribution in [0.2, 0.25) is 0 Å². The Labute approximate surface area is 181 Å². The number of alkyl halides is 1. The Morgan fingerprint density at radius 2 is 1.93 bits per heavy atom. The standard InChI is InChI=1S/C20H20ClN3O5S/c1-4-28-13-8-6-12(7-9-13)24-19(26)15-14(16(23-24)20(27)29-5-2)10-30-18(15)22-17(25)11(3)21/h6-11H,4-5H2,1-3H3,(H,22,25). The van der Waals surface area contributed by atoms with Crippen molar-refractivity contribution in [2.24, 2.45) is 0 Å². The summed E-state index contributed by atoms with van der Waals surface area (Å²) in [6, 6.07) is 6.72. The zero-order valence-electron chi connectivity index (χ0n) is 16.6. The number of rotatable bonds is 7. The lowest BCUT2D eigenvalue weighted by Crippen LogP contribution is -2.26. The zero-order chi connectivity index (χ0) is 21.8. The lowest BCUT2D eigenvalue weighted by Gasteiger charge is -2.11. The molecule has 2 aromatic heterocycles. The van der Waals surface area contributed by atoms with E-state index in [0.717, 1.165) is 16.0 Å². The number of thiophene rings is 1. The fourth-order valence-corrected chi connectivity index (χ4v) is 3.72. The average molecular weight is 450 g/mol. The van der Waals surface area contributed by atoms with Crippen LogP contribution in [-0.4, -0.2) is 40.2 Å². The fraction of sp³-hybridized carbons (Fsp3) is 0.300. The van der Waals surface area contributed by atoms with Crippen molar-refractivity contribution in [2.75, 3.05) is 18.5 Å². The number of benzene rings is 1. The summed E-state index contributed by atoms with van der Waals surface area (Å²) in [4.78, 5) is 37.8. The topological polar surface area (TPSA) is 99.5 Å². The second-order valence-corrected chi connectivity index (χ2v) is 7.71. The minimum absolute atomic E-state index is 0.0176. The molecule has 0 aliphatic heterocycles. The van der Waals surface area contributed by atoms with E-state index in [0.29, 0.717) is 28.4 Å². The summed E-state index contributed by atoms with van der Waals surface area (Å²) in [7, 11) is 0. The van der Waals surface area contributed by atoms with Gasteiger partial charge < -0.3 is 14.8 Å². The molecule has 2 heterocycles. The first-order valence-corrected chi connectivity index (χ1v) is 10.6. The summed E-state index contributed by atoms with van der Waals surface area (Å²) in [5.74, 6) is -0.480. The smallest absolute Gasteiger partial charge is 0.359 e. The fourth-order valence-electron chi connectivity index (χ4n) is 2.73. The number of hydrogen-bond acceptors (Lipinski definition) is 7. The molecule has 158 valence electrons. The van der Waals surface area contributed by atoms with Crippen LogP contribution in [0.1, 0.15) is 31.3 Å². The number of halogens is 1. The molecule has 8 nitrogen and oxygen atoms in total. The third-order valence-corrected chi connectivity index (χ3v) is 5.21. The van der Waals surface area contributed by atoms with Gasteiger partial charge in [-0.2, -0.15) is 9.78 Å². The van der Waals surface area contributed by atoms with Crippen LogP contribution in [-0.2, 0) is 9.53 Å². The van der Waals surface area contributed by atoms with Crippen LogP contribution in [0.5, 0.6) is 5.75 Å². The molecule has 0 saturated carbocycles. The molecule has 1 N–H and O–H groups in total. The van der Waals surface area contributed by atoms with Crippen molar-refractivity contribution in [1.29, 1.82) is 0 Å². The highest BCUT2D eigenvalue weighted by atomic mass is 35.5. The molecule has 0 bridgehead atoms. The molecule has 0 aliphatic carbocycles. The van der Waals surface area contributed by atoms with Gasteiger partial charge in [-0.1, -0.05) is 0 Å². The number of carbonyl (C=O) groups is 2. The van der Waals surface area contributed by atoms with Gasteiger partial charge in [-0.15, -0.1) is 22.9 Å². The highest BCUT2D eigenvalue weighted by Gasteiger charge is 2.23. The van der Waals surface area contributed by atoms with E-state index in [1.165, 1.54) is 6.92 Å². The Morgan fingerprint density at radius 3 is 2.53 bits per heavy atom. The third-order valence-electron chi connectivity index (χ3n) is 4.11. The third kappa shape index (κ3) is 4.31. The number of nitrogens with zero attached hydrogens (tertiary/aromatic N) is 2. The van der Waals surface area contributed by atoms with E-state index in [1.807, 2.05) is 6.92 Å². The summed E-state index contributed by atoms with van der Waals surface area (Å²) in [6.45, 7) is 5.73. The van der Waals surface area contributed by atoms with E-state index in [-0.39, 0.29) is 17.7 Å². The predicted molar refractivity (Wildman–Crippen MR) is 116 cm³/mol. The molecule has 0 aliphatic rings. The van der Waals surface area contributed by atoms with Crippen LogP contribution >= 0.6 is 22.9 Å². The van der Waals surface area contributed by atoms with Gasteiger partial charge in [0.15, 0.2) is 5.69 Å². The van der Waals surface area contributed by atoms with Gasteiger partial charge in [0.25, 0.3) is 5.56 Å². The molecular formula is C20H20ClN3O5S. The number of anilines is 1. The van der Waals surface area contributed by atoms with Gasteiger partial charge in [-0.3, -0.25) is 9.59 Å². The summed E-state index contributed by atoms with van der Waals surface area (Å²) in [6.07, 6.45) is 0. The van der Waals surface area contributed by atoms with Crippen LogP contribution in [0.3, 0.4) is 0 Å². The predicted octanol–water partition coefficient (Wildman–Crippen LogP) is 3.59. The number of esters is 1. The zero-order valence-corrected chi connectivity index (χ0v) is 18.2. The Bertz CT molecular complexity index is 1140. The summed E-state index contributed by atoms with van der Waals surface area (Å²) < 4.78 is 11.6. The largest absolute Gasteiger partial charge is 0.494 e. The second kappa shape index (κ2) is 9.27. The second-order valence-electron chi connectivity index (χ2n) is 6.17. The molecule has 30 heavy (non-hydrogen) atoms. The van der Waals surface area contributed by atoms with Crippen molar-refractivity contribution in [3.8, 4) is 11.4 Å². The van der Waals surface area contributed by atoms with Gasteiger partial charge >= 0.3 is 5.97 Å². The number of aromatic nitrogens is 2. The van der Waals surface area contributed by atoms with Crippen LogP contribution < -0.4 is 15.6 Å². The van der Waals surface area contributed by atoms with Gasteiger partial charge in [0, 0.05) is 10.8 Å². The van der Waals surface area contributed by atoms with Crippen LogP contribution in [0.15, 0.2) is 34.4 Å². The number of carbonyl (C=O) groups excluding carboxylic acids is 2. The van der Waals surface area contributed by atoms with E-state index >= 15 is 0 Å². The highest BCUT2D eigenvalue weighted by molar-refractivity contribution is 7.16. The van der Waals surface area contributed by atoms with E-state index in [1.54, 1.807) is 36.6 Å². The van der Waals surface area contributed by atoms with Gasteiger partial charge in [-0.25, -0.2) is 4.79 Å². The van der Waals surface area contributed by atoms with Crippen molar-refractivity contribution in [2.45, 2.75) is 26.1 Å². The lowest BCUT2D eigenvalue weighted by molar-refractivity contribution is -0.115. The van der Waals surface area contributed by atoms with E-state index in [2.05, 4.69) is 10.4 Å². The van der Waals surface area contributed by atoms with Gasteiger partial charge in [-0.05, 0) is 45.0 Å². The Balaban J connectivity index is 2.21. The summed E-state index contributed by atoms with van der Waals surface area (Å²) in [5, 5.41) is 8.46. The summed E-state index contributed by atoms with van der Waals surface area (Å²) in [5.41, 5.74) is -0.0675. The number of fused-ring (bicyclic) bond motifs is 1. The normalized spacial score (nSPS) is 11.9. The maximum absolute atomic E-state index is 13.2. The SMILES string of the molecule is CCOC(=O)c1nn(-c2ccc(OCC)cc2)c(=O)c2c(NC(=O)C(C)Cl)scc12. The molecule has 0 spiro atoms. The molecule has 0 saturated heterocycles. The summed E-state index contributed by atoms with van der Waals surface area (Å²) >= 11 is 6.95. The first-order chi connectivity index (χ1) is 14.4. The van der Waals surface area contributed by atoms with Crippen molar-refractivity contribution >= 4 is 50.6 Å². The molecule has 1 unspecified atom stereocenters.